The standard InChI is InChI=1S/C18H19ClN4O5/c1-20-6-2-3-15(20)18(25)28-12-17(24)22-9-7-21(8-10-22)14-5-4-13(19)11-16(14)23(26)27/h2-6,11H,7-10,12H2,1H3. The monoisotopic (exact) mass is 406 g/mol. The van der Waals surface area contributed by atoms with Gasteiger partial charge in [-0.3, -0.25) is 14.9 Å². The summed E-state index contributed by atoms with van der Waals surface area (Å²) in [6.45, 7) is 1.27. The number of nitrogens with zero attached hydrogens (tertiary/aromatic N) is 4. The largest absolute Gasteiger partial charge is 0.451 e. The van der Waals surface area contributed by atoms with Gasteiger partial charge in [-0.2, -0.15) is 0 Å². The van der Waals surface area contributed by atoms with Gasteiger partial charge in [-0.15, -0.1) is 0 Å². The Morgan fingerprint density at radius 1 is 1.21 bits per heavy atom. The maximum atomic E-state index is 12.3. The first-order valence-corrected chi connectivity index (χ1v) is 8.99. The van der Waals surface area contributed by atoms with Crippen molar-refractivity contribution in [1.29, 1.82) is 0 Å². The number of benzene rings is 1. The number of halogens is 1. The smallest absolute Gasteiger partial charge is 0.355 e. The average molecular weight is 407 g/mol. The van der Waals surface area contributed by atoms with E-state index in [4.69, 9.17) is 16.3 Å². The van der Waals surface area contributed by atoms with Crippen LogP contribution in [-0.4, -0.2) is 59.1 Å². The third-order valence-electron chi connectivity index (χ3n) is 4.59. The molecule has 0 bridgehead atoms. The fraction of sp³-hybridized carbons (Fsp3) is 0.333. The normalized spacial score (nSPS) is 14.1. The maximum absolute atomic E-state index is 12.3. The number of hydrogen-bond donors (Lipinski definition) is 0. The van der Waals surface area contributed by atoms with Crippen molar-refractivity contribution in [3.05, 3.63) is 57.4 Å². The minimum atomic E-state index is -0.559. The summed E-state index contributed by atoms with van der Waals surface area (Å²) in [5.74, 6) is -0.857. The predicted molar refractivity (Wildman–Crippen MR) is 103 cm³/mol. The highest BCUT2D eigenvalue weighted by Crippen LogP contribution is 2.31. The van der Waals surface area contributed by atoms with Crippen LogP contribution in [0.3, 0.4) is 0 Å². The molecule has 1 saturated heterocycles. The molecule has 3 rings (SSSR count). The minimum Gasteiger partial charge on any atom is -0.451 e. The number of carbonyl (C=O) groups is 2. The molecule has 9 nitrogen and oxygen atoms in total. The number of rotatable bonds is 5. The van der Waals surface area contributed by atoms with E-state index < -0.39 is 10.9 Å². The Kier molecular flexibility index (Phi) is 5.84. The highest BCUT2D eigenvalue weighted by atomic mass is 35.5. The number of nitro benzene ring substituents is 1. The van der Waals surface area contributed by atoms with Crippen LogP contribution in [0.5, 0.6) is 0 Å². The van der Waals surface area contributed by atoms with E-state index in [2.05, 4.69) is 0 Å². The van der Waals surface area contributed by atoms with Crippen molar-refractivity contribution in [1.82, 2.24) is 9.47 Å². The number of nitro groups is 1. The van der Waals surface area contributed by atoms with Crippen LogP contribution < -0.4 is 4.90 Å². The van der Waals surface area contributed by atoms with Crippen LogP contribution >= 0.6 is 11.6 Å². The Morgan fingerprint density at radius 2 is 1.93 bits per heavy atom. The van der Waals surface area contributed by atoms with Crippen LogP contribution in [-0.2, 0) is 16.6 Å². The number of ether oxygens (including phenoxy) is 1. The van der Waals surface area contributed by atoms with Gasteiger partial charge < -0.3 is 19.1 Å². The molecule has 1 aromatic carbocycles. The highest BCUT2D eigenvalue weighted by Gasteiger charge is 2.26. The fourth-order valence-electron chi connectivity index (χ4n) is 3.07. The minimum absolute atomic E-state index is 0.0659. The summed E-state index contributed by atoms with van der Waals surface area (Å²) in [4.78, 5) is 38.5. The molecule has 0 spiro atoms. The van der Waals surface area contributed by atoms with E-state index >= 15 is 0 Å². The van der Waals surface area contributed by atoms with Gasteiger partial charge in [-0.05, 0) is 24.3 Å². The van der Waals surface area contributed by atoms with Gasteiger partial charge in [0.1, 0.15) is 11.4 Å². The van der Waals surface area contributed by atoms with Crippen LogP contribution in [0.15, 0.2) is 36.5 Å². The summed E-state index contributed by atoms with van der Waals surface area (Å²) in [5, 5.41) is 11.6. The number of aromatic nitrogens is 1. The van der Waals surface area contributed by atoms with E-state index in [9.17, 15) is 19.7 Å². The maximum Gasteiger partial charge on any atom is 0.355 e. The second-order valence-electron chi connectivity index (χ2n) is 6.34. The molecule has 1 aromatic heterocycles. The molecule has 2 heterocycles. The van der Waals surface area contributed by atoms with Crippen LogP contribution in [0.4, 0.5) is 11.4 Å². The van der Waals surface area contributed by atoms with E-state index in [1.165, 1.54) is 6.07 Å². The molecule has 10 heteroatoms. The quantitative estimate of drug-likeness (QED) is 0.428. The van der Waals surface area contributed by atoms with E-state index in [1.54, 1.807) is 47.0 Å². The van der Waals surface area contributed by atoms with Crippen LogP contribution in [0.25, 0.3) is 0 Å². The zero-order valence-electron chi connectivity index (χ0n) is 15.2. The zero-order chi connectivity index (χ0) is 20.3. The van der Waals surface area contributed by atoms with Gasteiger partial charge in [-0.25, -0.2) is 4.79 Å². The van der Waals surface area contributed by atoms with Gasteiger partial charge in [0, 0.05) is 50.5 Å². The molecule has 1 amide bonds. The summed E-state index contributed by atoms with van der Waals surface area (Å²) in [5.41, 5.74) is 0.771. The SMILES string of the molecule is Cn1cccc1C(=O)OCC(=O)N1CCN(c2ccc(Cl)cc2[N+](=O)[O-])CC1. The summed E-state index contributed by atoms with van der Waals surface area (Å²) >= 11 is 5.85. The molecule has 0 atom stereocenters. The number of piperazine rings is 1. The van der Waals surface area contributed by atoms with Crippen molar-refractivity contribution in [3.8, 4) is 0 Å². The topological polar surface area (TPSA) is 97.9 Å². The molecule has 0 aliphatic carbocycles. The number of hydrogen-bond acceptors (Lipinski definition) is 6. The Bertz CT molecular complexity index is 905. The van der Waals surface area contributed by atoms with Crippen molar-refractivity contribution < 1.29 is 19.2 Å². The third kappa shape index (κ3) is 4.25. The molecular weight excluding hydrogens is 388 g/mol. The molecular formula is C18H19ClN4O5. The predicted octanol–water partition coefficient (Wildman–Crippen LogP) is 2.09. The number of carbonyl (C=O) groups excluding carboxylic acids is 2. The lowest BCUT2D eigenvalue weighted by molar-refractivity contribution is -0.384. The van der Waals surface area contributed by atoms with Gasteiger partial charge >= 0.3 is 5.97 Å². The lowest BCUT2D eigenvalue weighted by Crippen LogP contribution is -2.50. The van der Waals surface area contributed by atoms with E-state index in [-0.39, 0.29) is 18.2 Å². The second kappa shape index (κ2) is 8.30. The Hall–Kier alpha value is -3.07. The van der Waals surface area contributed by atoms with E-state index in [1.807, 2.05) is 4.90 Å². The molecule has 2 aromatic rings. The Balaban J connectivity index is 1.55. The molecule has 28 heavy (non-hydrogen) atoms. The van der Waals surface area contributed by atoms with Gasteiger partial charge in [-0.1, -0.05) is 11.6 Å². The fourth-order valence-corrected chi connectivity index (χ4v) is 3.24. The molecule has 0 saturated carbocycles. The number of aryl methyl sites for hydroxylation is 1. The van der Waals surface area contributed by atoms with Crippen molar-refractivity contribution in [2.45, 2.75) is 0 Å². The first-order chi connectivity index (χ1) is 13.4. The first kappa shape index (κ1) is 19.7. The van der Waals surface area contributed by atoms with Gasteiger partial charge in [0.15, 0.2) is 6.61 Å². The third-order valence-corrected chi connectivity index (χ3v) is 4.82. The van der Waals surface area contributed by atoms with Crippen molar-refractivity contribution in [3.63, 3.8) is 0 Å². The molecule has 1 aliphatic rings. The van der Waals surface area contributed by atoms with Gasteiger partial charge in [0.2, 0.25) is 0 Å². The van der Waals surface area contributed by atoms with Gasteiger partial charge in [0.25, 0.3) is 11.6 Å². The summed E-state index contributed by atoms with van der Waals surface area (Å²) in [7, 11) is 1.72. The lowest BCUT2D eigenvalue weighted by atomic mass is 10.2. The number of amides is 1. The van der Waals surface area contributed by atoms with Crippen molar-refractivity contribution in [2.24, 2.45) is 7.05 Å². The molecule has 148 valence electrons. The van der Waals surface area contributed by atoms with Crippen LogP contribution in [0, 0.1) is 10.1 Å². The Morgan fingerprint density at radius 3 is 2.54 bits per heavy atom. The summed E-state index contributed by atoms with van der Waals surface area (Å²) < 4.78 is 6.70. The van der Waals surface area contributed by atoms with Crippen molar-refractivity contribution in [2.75, 3.05) is 37.7 Å². The Labute approximate surface area is 166 Å². The average Bonchev–Trinajstić information content (AvgIpc) is 3.12. The van der Waals surface area contributed by atoms with E-state index in [0.29, 0.717) is 42.6 Å². The second-order valence-corrected chi connectivity index (χ2v) is 6.77. The lowest BCUT2D eigenvalue weighted by Gasteiger charge is -2.35. The molecule has 0 N–H and O–H groups in total. The molecule has 1 fully saturated rings. The molecule has 1 aliphatic heterocycles. The number of anilines is 1. The van der Waals surface area contributed by atoms with E-state index in [0.717, 1.165) is 0 Å². The van der Waals surface area contributed by atoms with Crippen molar-refractivity contribution >= 4 is 34.9 Å². The first-order valence-electron chi connectivity index (χ1n) is 8.62. The summed E-state index contributed by atoms with van der Waals surface area (Å²) in [6.07, 6.45) is 1.72. The molecule has 0 radical (unpaired) electrons. The van der Waals surface area contributed by atoms with Crippen LogP contribution in [0.2, 0.25) is 5.02 Å². The molecule has 0 unspecified atom stereocenters. The number of esters is 1. The summed E-state index contributed by atoms with van der Waals surface area (Å²) in [6, 6.07) is 7.86. The van der Waals surface area contributed by atoms with Gasteiger partial charge in [0.05, 0.1) is 4.92 Å². The van der Waals surface area contributed by atoms with Crippen LogP contribution in [0.1, 0.15) is 10.5 Å². The highest BCUT2D eigenvalue weighted by molar-refractivity contribution is 6.30. The zero-order valence-corrected chi connectivity index (χ0v) is 16.0.